The number of nitrogens with one attached hydrogen (secondary N) is 4. The maximum Gasteiger partial charge on any atom is 0.338 e. The molecule has 0 spiro atoms. The molecular formula is C28H37N5O6S. The van der Waals surface area contributed by atoms with E-state index in [1.165, 1.54) is 0 Å². The van der Waals surface area contributed by atoms with E-state index in [0.29, 0.717) is 19.6 Å². The van der Waals surface area contributed by atoms with Crippen LogP contribution < -0.4 is 21.4 Å². The highest BCUT2D eigenvalue weighted by Crippen LogP contribution is 2.32. The normalized spacial score (nSPS) is 12.9. The third-order valence-corrected chi connectivity index (χ3v) is 7.15. The smallest absolute Gasteiger partial charge is 0.338 e. The van der Waals surface area contributed by atoms with Gasteiger partial charge in [0.05, 0.1) is 6.04 Å². The van der Waals surface area contributed by atoms with Crippen LogP contribution in [-0.2, 0) is 36.9 Å². The van der Waals surface area contributed by atoms with Crippen molar-refractivity contribution in [2.45, 2.75) is 58.5 Å². The molecule has 0 aliphatic rings. The highest BCUT2D eigenvalue weighted by atomic mass is 32.1. The number of pyridine rings is 1. The van der Waals surface area contributed by atoms with Crippen molar-refractivity contribution >= 4 is 39.3 Å². The van der Waals surface area contributed by atoms with Crippen LogP contribution in [-0.4, -0.2) is 60.5 Å². The number of ether oxygens (including phenoxy) is 2. The molecule has 0 unspecified atom stereocenters. The summed E-state index contributed by atoms with van der Waals surface area (Å²) in [6.07, 6.45) is 3.67. The summed E-state index contributed by atoms with van der Waals surface area (Å²) in [7, 11) is 0. The second kappa shape index (κ2) is 15.3. The SMILES string of the molecule is CCOC(Cc1csc2ccccc12)(OCC)[C@H](C)NC(=O)[C@H](C)NC(=O)CONC(=O)NCc1ccncc1. The first-order valence-corrected chi connectivity index (χ1v) is 14.0. The second-order valence-corrected chi connectivity index (χ2v) is 9.97. The molecule has 216 valence electrons. The second-order valence-electron chi connectivity index (χ2n) is 9.06. The predicted molar refractivity (Wildman–Crippen MR) is 152 cm³/mol. The van der Waals surface area contributed by atoms with Gasteiger partial charge in [0.15, 0.2) is 12.4 Å². The Labute approximate surface area is 237 Å². The Bertz CT molecular complexity index is 1250. The van der Waals surface area contributed by atoms with Crippen molar-refractivity contribution in [2.24, 2.45) is 0 Å². The number of urea groups is 1. The first-order valence-electron chi connectivity index (χ1n) is 13.1. The molecule has 0 bridgehead atoms. The summed E-state index contributed by atoms with van der Waals surface area (Å²) in [5.74, 6) is -2.10. The molecule has 4 amide bonds. The van der Waals surface area contributed by atoms with E-state index in [2.05, 4.69) is 43.9 Å². The summed E-state index contributed by atoms with van der Waals surface area (Å²) in [6, 6.07) is 9.62. The average Bonchev–Trinajstić information content (AvgIpc) is 3.35. The summed E-state index contributed by atoms with van der Waals surface area (Å²) in [4.78, 5) is 46.0. The number of aromatic nitrogens is 1. The Hall–Kier alpha value is -3.58. The first kappa shape index (κ1) is 31.0. The van der Waals surface area contributed by atoms with E-state index < -0.39 is 42.3 Å². The van der Waals surface area contributed by atoms with Crippen molar-refractivity contribution in [3.05, 3.63) is 65.3 Å². The van der Waals surface area contributed by atoms with Crippen LogP contribution in [0, 0.1) is 0 Å². The van der Waals surface area contributed by atoms with Gasteiger partial charge in [-0.15, -0.1) is 11.3 Å². The van der Waals surface area contributed by atoms with E-state index in [4.69, 9.17) is 14.3 Å². The molecule has 2 heterocycles. The third-order valence-electron chi connectivity index (χ3n) is 6.14. The molecule has 0 saturated heterocycles. The van der Waals surface area contributed by atoms with Crippen LogP contribution in [0.3, 0.4) is 0 Å². The fraction of sp³-hybridized carbons (Fsp3) is 0.429. The maximum absolute atomic E-state index is 13.0. The highest BCUT2D eigenvalue weighted by Gasteiger charge is 2.40. The molecule has 3 rings (SSSR count). The van der Waals surface area contributed by atoms with Gasteiger partial charge in [0.25, 0.3) is 0 Å². The molecule has 40 heavy (non-hydrogen) atoms. The van der Waals surface area contributed by atoms with Crippen LogP contribution in [0.4, 0.5) is 4.79 Å². The Morgan fingerprint density at radius 3 is 2.40 bits per heavy atom. The van der Waals surface area contributed by atoms with Crippen molar-refractivity contribution in [3.63, 3.8) is 0 Å². The minimum Gasteiger partial charge on any atom is -0.348 e. The highest BCUT2D eigenvalue weighted by molar-refractivity contribution is 7.17. The number of amides is 4. The van der Waals surface area contributed by atoms with Gasteiger partial charge in [-0.2, -0.15) is 0 Å². The Morgan fingerprint density at radius 2 is 1.70 bits per heavy atom. The van der Waals surface area contributed by atoms with Crippen molar-refractivity contribution in [1.29, 1.82) is 0 Å². The van der Waals surface area contributed by atoms with Gasteiger partial charge in [-0.3, -0.25) is 19.4 Å². The Morgan fingerprint density at radius 1 is 1.00 bits per heavy atom. The number of nitrogens with zero attached hydrogens (tertiary/aromatic N) is 1. The monoisotopic (exact) mass is 571 g/mol. The first-order chi connectivity index (χ1) is 19.3. The maximum atomic E-state index is 13.0. The van der Waals surface area contributed by atoms with E-state index in [1.54, 1.807) is 42.8 Å². The van der Waals surface area contributed by atoms with Crippen LogP contribution in [0.1, 0.15) is 38.8 Å². The predicted octanol–water partition coefficient (Wildman–Crippen LogP) is 3.05. The van der Waals surface area contributed by atoms with Gasteiger partial charge in [0, 0.05) is 43.3 Å². The Balaban J connectivity index is 1.51. The van der Waals surface area contributed by atoms with E-state index >= 15 is 0 Å². The molecule has 2 aromatic heterocycles. The number of carbonyl (C=O) groups is 3. The van der Waals surface area contributed by atoms with Gasteiger partial charge < -0.3 is 25.4 Å². The zero-order valence-electron chi connectivity index (χ0n) is 23.2. The lowest BCUT2D eigenvalue weighted by molar-refractivity contribution is -0.246. The van der Waals surface area contributed by atoms with Gasteiger partial charge in [-0.1, -0.05) is 18.2 Å². The lowest BCUT2D eigenvalue weighted by Gasteiger charge is -2.39. The van der Waals surface area contributed by atoms with E-state index in [-0.39, 0.29) is 6.54 Å². The van der Waals surface area contributed by atoms with Crippen molar-refractivity contribution in [2.75, 3.05) is 19.8 Å². The minimum absolute atomic E-state index is 0.271. The summed E-state index contributed by atoms with van der Waals surface area (Å²) in [5.41, 5.74) is 4.07. The Kier molecular flexibility index (Phi) is 11.8. The molecule has 3 aromatic rings. The number of carbonyl (C=O) groups excluding carboxylic acids is 3. The summed E-state index contributed by atoms with van der Waals surface area (Å²) in [6.45, 7) is 7.71. The van der Waals surface area contributed by atoms with Gasteiger partial charge >= 0.3 is 6.03 Å². The number of hydrogen-bond acceptors (Lipinski definition) is 8. The van der Waals surface area contributed by atoms with Crippen molar-refractivity contribution < 1.29 is 28.7 Å². The molecule has 0 saturated carbocycles. The fourth-order valence-corrected chi connectivity index (χ4v) is 5.12. The minimum atomic E-state index is -1.11. The van der Waals surface area contributed by atoms with Gasteiger partial charge in [-0.25, -0.2) is 10.3 Å². The standard InChI is InChI=1S/C28H37N5O6S/c1-5-37-28(38-6-2,15-22-18-40-24-10-8-7-9-23(22)24)20(4)32-26(35)19(3)31-25(34)17-39-33-27(36)30-16-21-11-13-29-14-12-21/h7-14,18-20H,5-6,15-17H2,1-4H3,(H,31,34)(H,32,35)(H2,30,33,36)/t19-,20-/m0/s1. The molecule has 1 aromatic carbocycles. The largest absolute Gasteiger partial charge is 0.348 e. The summed E-state index contributed by atoms with van der Waals surface area (Å²) >= 11 is 1.65. The molecular weight excluding hydrogens is 534 g/mol. The van der Waals surface area contributed by atoms with Crippen molar-refractivity contribution in [3.8, 4) is 0 Å². The molecule has 0 fully saturated rings. The van der Waals surface area contributed by atoms with Gasteiger partial charge in [0.1, 0.15) is 6.04 Å². The number of hydroxylamine groups is 1. The van der Waals surface area contributed by atoms with Crippen LogP contribution in [0.25, 0.3) is 10.1 Å². The molecule has 4 N–H and O–H groups in total. The third kappa shape index (κ3) is 8.71. The number of benzene rings is 1. The number of rotatable bonds is 15. The topological polar surface area (TPSA) is 140 Å². The molecule has 11 nitrogen and oxygen atoms in total. The number of thiophene rings is 1. The number of fused-ring (bicyclic) bond motifs is 1. The van der Waals surface area contributed by atoms with E-state index in [0.717, 1.165) is 21.2 Å². The van der Waals surface area contributed by atoms with Gasteiger partial charge in [0.2, 0.25) is 11.8 Å². The van der Waals surface area contributed by atoms with Crippen LogP contribution >= 0.6 is 11.3 Å². The van der Waals surface area contributed by atoms with E-state index in [9.17, 15) is 14.4 Å². The van der Waals surface area contributed by atoms with Crippen LogP contribution in [0.2, 0.25) is 0 Å². The lowest BCUT2D eigenvalue weighted by atomic mass is 9.97. The molecule has 0 aliphatic heterocycles. The van der Waals surface area contributed by atoms with Crippen LogP contribution in [0.5, 0.6) is 0 Å². The van der Waals surface area contributed by atoms with Crippen molar-refractivity contribution in [1.82, 2.24) is 26.4 Å². The average molecular weight is 572 g/mol. The van der Waals surface area contributed by atoms with Gasteiger partial charge in [-0.05, 0) is 67.8 Å². The summed E-state index contributed by atoms with van der Waals surface area (Å²) < 4.78 is 13.5. The molecule has 0 aliphatic carbocycles. The molecule has 12 heteroatoms. The number of hydrogen-bond donors (Lipinski definition) is 4. The quantitative estimate of drug-likeness (QED) is 0.162. The van der Waals surface area contributed by atoms with Crippen LogP contribution in [0.15, 0.2) is 54.2 Å². The zero-order valence-corrected chi connectivity index (χ0v) is 24.0. The fourth-order valence-electron chi connectivity index (χ4n) is 4.15. The molecule has 0 radical (unpaired) electrons. The molecule has 2 atom stereocenters. The zero-order chi connectivity index (χ0) is 29.0. The summed E-state index contributed by atoms with van der Waals surface area (Å²) in [5, 5.41) is 11.3. The lowest BCUT2D eigenvalue weighted by Crippen LogP contribution is -2.59. The van der Waals surface area contributed by atoms with E-state index in [1.807, 2.05) is 32.9 Å².